The van der Waals surface area contributed by atoms with E-state index < -0.39 is 0 Å². The van der Waals surface area contributed by atoms with Gasteiger partial charge < -0.3 is 5.32 Å². The first kappa shape index (κ1) is 7.10. The van der Waals surface area contributed by atoms with Crippen molar-refractivity contribution >= 4 is 11.3 Å². The van der Waals surface area contributed by atoms with Crippen molar-refractivity contribution < 1.29 is 0 Å². The Labute approximate surface area is 76.8 Å². The Morgan fingerprint density at radius 2 is 2.42 bits per heavy atom. The topological polar surface area (TPSA) is 12.0 Å². The van der Waals surface area contributed by atoms with Crippen LogP contribution in [0.4, 0.5) is 0 Å². The summed E-state index contributed by atoms with van der Waals surface area (Å²) < 4.78 is 0. The Balaban J connectivity index is 1.81. The van der Waals surface area contributed by atoms with Gasteiger partial charge in [0, 0.05) is 0 Å². The smallest absolute Gasteiger partial charge is 0.00114 e. The lowest BCUT2D eigenvalue weighted by Crippen LogP contribution is -2.33. The molecule has 2 aliphatic rings. The number of fused-ring (bicyclic) bond motifs is 1. The van der Waals surface area contributed by atoms with E-state index in [1.165, 1.54) is 19.5 Å². The normalized spacial score (nSPS) is 39.2. The maximum absolute atomic E-state index is 3.48. The highest BCUT2D eigenvalue weighted by molar-refractivity contribution is 7.07. The minimum Gasteiger partial charge on any atom is -0.316 e. The molecule has 3 rings (SSSR count). The molecule has 1 aromatic heterocycles. The van der Waals surface area contributed by atoms with E-state index in [9.17, 15) is 0 Å². The van der Waals surface area contributed by atoms with E-state index >= 15 is 0 Å². The lowest BCUT2D eigenvalue weighted by atomic mass is 9.64. The third-order valence-corrected chi connectivity index (χ3v) is 4.14. The van der Waals surface area contributed by atoms with Crippen LogP contribution < -0.4 is 5.32 Å². The predicted octanol–water partition coefficient (Wildman–Crippen LogP) is 2.07. The zero-order valence-corrected chi connectivity index (χ0v) is 7.81. The quantitative estimate of drug-likeness (QED) is 0.696. The molecule has 3 atom stereocenters. The van der Waals surface area contributed by atoms with Crippen LogP contribution in [0.3, 0.4) is 0 Å². The van der Waals surface area contributed by atoms with Crippen molar-refractivity contribution in [2.24, 2.45) is 11.8 Å². The van der Waals surface area contributed by atoms with Crippen LogP contribution in [0.15, 0.2) is 16.8 Å². The van der Waals surface area contributed by atoms with E-state index in [1.807, 2.05) is 11.3 Å². The fraction of sp³-hybridized carbons (Fsp3) is 0.600. The fourth-order valence-electron chi connectivity index (χ4n) is 2.66. The van der Waals surface area contributed by atoms with E-state index in [0.717, 1.165) is 17.8 Å². The molecule has 0 radical (unpaired) electrons. The monoisotopic (exact) mass is 179 g/mol. The van der Waals surface area contributed by atoms with E-state index in [1.54, 1.807) is 5.56 Å². The Morgan fingerprint density at radius 3 is 3.17 bits per heavy atom. The minimum atomic E-state index is 0.885. The van der Waals surface area contributed by atoms with Crippen LogP contribution in [0.1, 0.15) is 17.9 Å². The van der Waals surface area contributed by atoms with Crippen molar-refractivity contribution in [3.63, 3.8) is 0 Å². The highest BCUT2D eigenvalue weighted by atomic mass is 32.1. The van der Waals surface area contributed by atoms with Crippen molar-refractivity contribution in [1.82, 2.24) is 5.32 Å². The molecule has 12 heavy (non-hydrogen) atoms. The Kier molecular flexibility index (Phi) is 1.52. The average Bonchev–Trinajstić information content (AvgIpc) is 2.62. The lowest BCUT2D eigenvalue weighted by Gasteiger charge is -2.39. The second-order valence-electron chi connectivity index (χ2n) is 3.98. The van der Waals surface area contributed by atoms with Crippen LogP contribution in [0.2, 0.25) is 0 Å². The van der Waals surface area contributed by atoms with Gasteiger partial charge in [-0.3, -0.25) is 0 Å². The van der Waals surface area contributed by atoms with Crippen molar-refractivity contribution in [2.45, 2.75) is 12.3 Å². The molecule has 1 aliphatic heterocycles. The van der Waals surface area contributed by atoms with Gasteiger partial charge in [-0.2, -0.15) is 11.3 Å². The molecule has 64 valence electrons. The summed E-state index contributed by atoms with van der Waals surface area (Å²) in [6.07, 6.45) is 1.42. The second-order valence-corrected chi connectivity index (χ2v) is 4.76. The summed E-state index contributed by atoms with van der Waals surface area (Å²) in [5.74, 6) is 2.84. The van der Waals surface area contributed by atoms with Crippen LogP contribution in [-0.2, 0) is 0 Å². The van der Waals surface area contributed by atoms with Gasteiger partial charge in [0.1, 0.15) is 0 Å². The van der Waals surface area contributed by atoms with E-state index in [4.69, 9.17) is 0 Å². The maximum atomic E-state index is 3.48. The van der Waals surface area contributed by atoms with Crippen molar-refractivity contribution in [3.8, 4) is 0 Å². The van der Waals surface area contributed by atoms with Gasteiger partial charge in [0.2, 0.25) is 0 Å². The predicted molar refractivity (Wildman–Crippen MR) is 51.5 cm³/mol. The van der Waals surface area contributed by atoms with Gasteiger partial charge in [-0.1, -0.05) is 0 Å². The van der Waals surface area contributed by atoms with Gasteiger partial charge in [-0.05, 0) is 59.7 Å². The highest BCUT2D eigenvalue weighted by Crippen LogP contribution is 2.49. The molecule has 0 amide bonds. The zero-order valence-electron chi connectivity index (χ0n) is 6.99. The minimum absolute atomic E-state index is 0.885. The first-order valence-corrected chi connectivity index (χ1v) is 5.62. The molecule has 1 aliphatic carbocycles. The fourth-order valence-corrected chi connectivity index (χ4v) is 3.38. The molecule has 0 aromatic carbocycles. The molecular weight excluding hydrogens is 166 g/mol. The van der Waals surface area contributed by atoms with Gasteiger partial charge in [0.05, 0.1) is 0 Å². The first-order valence-electron chi connectivity index (χ1n) is 4.68. The molecule has 0 spiro atoms. The van der Waals surface area contributed by atoms with Gasteiger partial charge in [-0.15, -0.1) is 0 Å². The van der Waals surface area contributed by atoms with Crippen LogP contribution in [0.25, 0.3) is 0 Å². The Morgan fingerprint density at radius 1 is 1.42 bits per heavy atom. The molecule has 3 unspecified atom stereocenters. The standard InChI is InChI=1S/C10H13NS/c1-2-12-6-7(1)9-3-8-4-11-5-10(8)9/h1-2,6,8-11H,3-5H2. The zero-order chi connectivity index (χ0) is 7.97. The summed E-state index contributed by atoms with van der Waals surface area (Å²) in [5.41, 5.74) is 1.59. The van der Waals surface area contributed by atoms with Gasteiger partial charge in [-0.25, -0.2) is 0 Å². The molecule has 1 saturated heterocycles. The SMILES string of the molecule is c1cc(C2CC3CNCC32)cs1. The summed E-state index contributed by atoms with van der Waals surface area (Å²) in [5, 5.41) is 8.00. The molecule has 1 saturated carbocycles. The highest BCUT2D eigenvalue weighted by Gasteiger charge is 2.44. The maximum Gasteiger partial charge on any atom is -0.00114 e. The molecular formula is C10H13NS. The second kappa shape index (κ2) is 2.57. The number of nitrogens with one attached hydrogen (secondary N) is 1. The Hall–Kier alpha value is -0.340. The molecule has 1 nitrogen and oxygen atoms in total. The summed E-state index contributed by atoms with van der Waals surface area (Å²) in [6.45, 7) is 2.52. The van der Waals surface area contributed by atoms with Crippen LogP contribution in [0.5, 0.6) is 0 Å². The van der Waals surface area contributed by atoms with Gasteiger partial charge >= 0.3 is 0 Å². The average molecular weight is 179 g/mol. The van der Waals surface area contributed by atoms with Crippen molar-refractivity contribution in [2.75, 3.05) is 13.1 Å². The largest absolute Gasteiger partial charge is 0.316 e. The van der Waals surface area contributed by atoms with Crippen LogP contribution >= 0.6 is 11.3 Å². The van der Waals surface area contributed by atoms with Crippen molar-refractivity contribution in [3.05, 3.63) is 22.4 Å². The van der Waals surface area contributed by atoms with Crippen LogP contribution in [-0.4, -0.2) is 13.1 Å². The summed E-state index contributed by atoms with van der Waals surface area (Å²) in [4.78, 5) is 0. The summed E-state index contributed by atoms with van der Waals surface area (Å²) >= 11 is 1.83. The molecule has 1 aromatic rings. The van der Waals surface area contributed by atoms with E-state index in [0.29, 0.717) is 0 Å². The molecule has 0 bridgehead atoms. The molecule has 2 heteroatoms. The number of thiophene rings is 1. The summed E-state index contributed by atoms with van der Waals surface area (Å²) in [7, 11) is 0. The third kappa shape index (κ3) is 0.882. The van der Waals surface area contributed by atoms with Crippen molar-refractivity contribution in [1.29, 1.82) is 0 Å². The van der Waals surface area contributed by atoms with E-state index in [-0.39, 0.29) is 0 Å². The van der Waals surface area contributed by atoms with Crippen LogP contribution in [0, 0.1) is 11.8 Å². The first-order chi connectivity index (χ1) is 5.95. The lowest BCUT2D eigenvalue weighted by molar-refractivity contribution is 0.191. The third-order valence-electron chi connectivity index (χ3n) is 3.44. The number of hydrogen-bond donors (Lipinski definition) is 1. The Bertz CT molecular complexity index is 267. The number of hydrogen-bond acceptors (Lipinski definition) is 2. The van der Waals surface area contributed by atoms with Gasteiger partial charge in [0.15, 0.2) is 0 Å². The number of rotatable bonds is 1. The van der Waals surface area contributed by atoms with E-state index in [2.05, 4.69) is 22.1 Å². The molecule has 2 heterocycles. The molecule has 1 N–H and O–H groups in total. The van der Waals surface area contributed by atoms with Gasteiger partial charge in [0.25, 0.3) is 0 Å². The summed E-state index contributed by atoms with van der Waals surface area (Å²) in [6, 6.07) is 2.30. The molecule has 2 fully saturated rings.